The van der Waals surface area contributed by atoms with Crippen LogP contribution in [0.4, 0.5) is 0 Å². The SMILES string of the molecule is Cc1ccc(CNC=CC(=O)c2ccccc2)cc1. The van der Waals surface area contributed by atoms with Gasteiger partial charge in [0.25, 0.3) is 0 Å². The van der Waals surface area contributed by atoms with Gasteiger partial charge in [0.2, 0.25) is 0 Å². The minimum Gasteiger partial charge on any atom is -0.387 e. The molecule has 0 bridgehead atoms. The second-order valence-corrected chi connectivity index (χ2v) is 4.43. The van der Waals surface area contributed by atoms with E-state index in [1.54, 1.807) is 12.3 Å². The Balaban J connectivity index is 1.84. The van der Waals surface area contributed by atoms with Crippen LogP contribution in [-0.2, 0) is 6.54 Å². The summed E-state index contributed by atoms with van der Waals surface area (Å²) in [6.07, 6.45) is 3.26. The molecule has 0 radical (unpaired) electrons. The lowest BCUT2D eigenvalue weighted by Crippen LogP contribution is -2.05. The second kappa shape index (κ2) is 6.55. The number of benzene rings is 2. The summed E-state index contributed by atoms with van der Waals surface area (Å²) in [5.41, 5.74) is 3.15. The topological polar surface area (TPSA) is 29.1 Å². The van der Waals surface area contributed by atoms with E-state index in [4.69, 9.17) is 0 Å². The third-order valence-electron chi connectivity index (χ3n) is 2.84. The molecule has 1 N–H and O–H groups in total. The molecule has 0 unspecified atom stereocenters. The van der Waals surface area contributed by atoms with Crippen LogP contribution < -0.4 is 5.32 Å². The highest BCUT2D eigenvalue weighted by Gasteiger charge is 1.98. The number of hydrogen-bond donors (Lipinski definition) is 1. The fraction of sp³-hybridized carbons (Fsp3) is 0.118. The highest BCUT2D eigenvalue weighted by molar-refractivity contribution is 6.04. The molecule has 0 aliphatic carbocycles. The molecule has 2 aromatic rings. The summed E-state index contributed by atoms with van der Waals surface area (Å²) >= 11 is 0. The van der Waals surface area contributed by atoms with E-state index >= 15 is 0 Å². The van der Waals surface area contributed by atoms with Gasteiger partial charge in [-0.2, -0.15) is 0 Å². The van der Waals surface area contributed by atoms with E-state index in [2.05, 4.69) is 36.5 Å². The van der Waals surface area contributed by atoms with Crippen molar-refractivity contribution in [1.82, 2.24) is 5.32 Å². The van der Waals surface area contributed by atoms with E-state index in [0.29, 0.717) is 5.56 Å². The maximum absolute atomic E-state index is 11.8. The molecule has 0 heterocycles. The molecule has 2 nitrogen and oxygen atoms in total. The smallest absolute Gasteiger partial charge is 0.187 e. The normalized spacial score (nSPS) is 10.6. The minimum atomic E-state index is 0.0111. The fourth-order valence-corrected chi connectivity index (χ4v) is 1.72. The summed E-state index contributed by atoms with van der Waals surface area (Å²) in [6, 6.07) is 17.6. The van der Waals surface area contributed by atoms with Crippen molar-refractivity contribution in [3.05, 3.63) is 83.6 Å². The quantitative estimate of drug-likeness (QED) is 0.651. The molecule has 2 aromatic carbocycles. The highest BCUT2D eigenvalue weighted by Crippen LogP contribution is 2.03. The average molecular weight is 251 g/mol. The first-order valence-corrected chi connectivity index (χ1v) is 6.30. The van der Waals surface area contributed by atoms with Crippen molar-refractivity contribution in [3.8, 4) is 0 Å². The zero-order chi connectivity index (χ0) is 13.5. The van der Waals surface area contributed by atoms with Crippen molar-refractivity contribution in [2.24, 2.45) is 0 Å². The van der Waals surface area contributed by atoms with Gasteiger partial charge in [-0.3, -0.25) is 4.79 Å². The molecular weight excluding hydrogens is 234 g/mol. The first-order valence-electron chi connectivity index (χ1n) is 6.30. The third-order valence-corrected chi connectivity index (χ3v) is 2.84. The van der Waals surface area contributed by atoms with Gasteiger partial charge in [0.1, 0.15) is 0 Å². The molecule has 19 heavy (non-hydrogen) atoms. The first kappa shape index (κ1) is 13.1. The van der Waals surface area contributed by atoms with Crippen LogP contribution in [0.15, 0.2) is 66.9 Å². The van der Waals surface area contributed by atoms with Crippen LogP contribution in [0.1, 0.15) is 21.5 Å². The molecule has 0 saturated heterocycles. The number of allylic oxidation sites excluding steroid dienone is 1. The molecule has 0 fully saturated rings. The Morgan fingerprint density at radius 2 is 1.74 bits per heavy atom. The number of aryl methyl sites for hydroxylation is 1. The number of ketones is 1. The molecule has 2 rings (SSSR count). The van der Waals surface area contributed by atoms with E-state index in [-0.39, 0.29) is 5.78 Å². The van der Waals surface area contributed by atoms with Crippen molar-refractivity contribution in [3.63, 3.8) is 0 Å². The van der Waals surface area contributed by atoms with Gasteiger partial charge in [-0.1, -0.05) is 60.2 Å². The molecule has 0 saturated carbocycles. The number of hydrogen-bond acceptors (Lipinski definition) is 2. The van der Waals surface area contributed by atoms with Gasteiger partial charge in [-0.05, 0) is 12.5 Å². The fourth-order valence-electron chi connectivity index (χ4n) is 1.72. The summed E-state index contributed by atoms with van der Waals surface area (Å²) in [6.45, 7) is 2.79. The molecule has 0 aliphatic heterocycles. The summed E-state index contributed by atoms with van der Waals surface area (Å²) in [5, 5.41) is 3.12. The van der Waals surface area contributed by atoms with Crippen LogP contribution in [0.2, 0.25) is 0 Å². The Labute approximate surface area is 113 Å². The Kier molecular flexibility index (Phi) is 4.51. The molecule has 0 amide bonds. The molecule has 96 valence electrons. The molecule has 0 atom stereocenters. The largest absolute Gasteiger partial charge is 0.387 e. The van der Waals surface area contributed by atoms with Crippen LogP contribution in [-0.4, -0.2) is 5.78 Å². The van der Waals surface area contributed by atoms with Crippen LogP contribution in [0.25, 0.3) is 0 Å². The van der Waals surface area contributed by atoms with Gasteiger partial charge < -0.3 is 5.32 Å². The molecule has 2 heteroatoms. The van der Waals surface area contributed by atoms with Crippen LogP contribution in [0.3, 0.4) is 0 Å². The van der Waals surface area contributed by atoms with Gasteiger partial charge >= 0.3 is 0 Å². The summed E-state index contributed by atoms with van der Waals surface area (Å²) < 4.78 is 0. The average Bonchev–Trinajstić information content (AvgIpc) is 2.46. The minimum absolute atomic E-state index is 0.0111. The highest BCUT2D eigenvalue weighted by atomic mass is 16.1. The van der Waals surface area contributed by atoms with Crippen molar-refractivity contribution < 1.29 is 4.79 Å². The number of carbonyl (C=O) groups excluding carboxylic acids is 1. The van der Waals surface area contributed by atoms with Crippen LogP contribution >= 0.6 is 0 Å². The van der Waals surface area contributed by atoms with E-state index in [1.165, 1.54) is 11.1 Å². The van der Waals surface area contributed by atoms with E-state index in [9.17, 15) is 4.79 Å². The zero-order valence-corrected chi connectivity index (χ0v) is 11.0. The van der Waals surface area contributed by atoms with Gasteiger partial charge in [-0.25, -0.2) is 0 Å². The maximum Gasteiger partial charge on any atom is 0.187 e. The van der Waals surface area contributed by atoms with Crippen molar-refractivity contribution in [2.75, 3.05) is 0 Å². The van der Waals surface area contributed by atoms with Gasteiger partial charge in [0.15, 0.2) is 5.78 Å². The standard InChI is InChI=1S/C17H17NO/c1-14-7-9-15(10-8-14)13-18-12-11-17(19)16-5-3-2-4-6-16/h2-12,18H,13H2,1H3. The van der Waals surface area contributed by atoms with E-state index in [1.807, 2.05) is 30.3 Å². The summed E-state index contributed by atoms with van der Waals surface area (Å²) in [4.78, 5) is 11.8. The van der Waals surface area contributed by atoms with Crippen LogP contribution in [0.5, 0.6) is 0 Å². The first-order chi connectivity index (χ1) is 9.25. The Morgan fingerprint density at radius 3 is 2.42 bits per heavy atom. The van der Waals surface area contributed by atoms with Crippen molar-refractivity contribution in [1.29, 1.82) is 0 Å². The summed E-state index contributed by atoms with van der Waals surface area (Å²) in [5.74, 6) is 0.0111. The second-order valence-electron chi connectivity index (χ2n) is 4.43. The number of nitrogens with one attached hydrogen (secondary N) is 1. The predicted octanol–water partition coefficient (Wildman–Crippen LogP) is 3.48. The summed E-state index contributed by atoms with van der Waals surface area (Å²) in [7, 11) is 0. The predicted molar refractivity (Wildman–Crippen MR) is 77.9 cm³/mol. The molecule has 0 aliphatic rings. The van der Waals surface area contributed by atoms with Crippen molar-refractivity contribution in [2.45, 2.75) is 13.5 Å². The van der Waals surface area contributed by atoms with E-state index in [0.717, 1.165) is 6.54 Å². The molecule has 0 spiro atoms. The lowest BCUT2D eigenvalue weighted by molar-refractivity contribution is 0.104. The van der Waals surface area contributed by atoms with Crippen LogP contribution in [0, 0.1) is 6.92 Å². The lowest BCUT2D eigenvalue weighted by atomic mass is 10.1. The lowest BCUT2D eigenvalue weighted by Gasteiger charge is -2.01. The number of rotatable bonds is 5. The monoisotopic (exact) mass is 251 g/mol. The van der Waals surface area contributed by atoms with Gasteiger partial charge in [0.05, 0.1) is 0 Å². The zero-order valence-electron chi connectivity index (χ0n) is 11.0. The Hall–Kier alpha value is -2.35. The third kappa shape index (κ3) is 4.11. The molecular formula is C17H17NO. The van der Waals surface area contributed by atoms with E-state index < -0.39 is 0 Å². The van der Waals surface area contributed by atoms with Gasteiger partial charge in [-0.15, -0.1) is 0 Å². The number of carbonyl (C=O) groups is 1. The van der Waals surface area contributed by atoms with Gasteiger partial charge in [0, 0.05) is 24.4 Å². The Morgan fingerprint density at radius 1 is 1.05 bits per heavy atom. The maximum atomic E-state index is 11.8. The van der Waals surface area contributed by atoms with Crippen molar-refractivity contribution >= 4 is 5.78 Å². The molecule has 0 aromatic heterocycles. The Bertz CT molecular complexity index is 556.